The summed E-state index contributed by atoms with van der Waals surface area (Å²) in [6, 6.07) is 0. The van der Waals surface area contributed by atoms with Crippen molar-refractivity contribution in [2.24, 2.45) is 0 Å². The molecule has 222 valence electrons. The SMILES string of the molecule is CCCCCCCCC(F)C(F)(F)C(F)(F)C(F)(F)C(F)(F)C(F)(F)C(F)(F)C(F)(F)C(F)(F)C(=O)O. The Kier molecular flexibility index (Phi) is 10.3. The van der Waals surface area contributed by atoms with Crippen molar-refractivity contribution in [2.45, 2.75) is 105 Å². The molecule has 2 nitrogen and oxygen atoms in total. The van der Waals surface area contributed by atoms with Gasteiger partial charge in [-0.2, -0.15) is 70.2 Å². The minimum Gasteiger partial charge on any atom is -0.477 e. The lowest BCUT2D eigenvalue weighted by molar-refractivity contribution is -0.453. The maximum absolute atomic E-state index is 13.8. The van der Waals surface area contributed by atoms with Crippen molar-refractivity contribution in [3.8, 4) is 0 Å². The molecule has 0 aliphatic rings. The summed E-state index contributed by atoms with van der Waals surface area (Å²) in [6.07, 6.45) is -5.27. The number of carboxylic acid groups (broad SMARTS) is 1. The van der Waals surface area contributed by atoms with Gasteiger partial charge in [0.15, 0.2) is 6.17 Å². The van der Waals surface area contributed by atoms with Crippen LogP contribution < -0.4 is 0 Å². The van der Waals surface area contributed by atoms with E-state index in [2.05, 4.69) is 0 Å². The lowest BCUT2D eigenvalue weighted by atomic mass is 9.86. The summed E-state index contributed by atoms with van der Waals surface area (Å²) < 4.78 is 230. The maximum atomic E-state index is 13.8. The Labute approximate surface area is 197 Å². The smallest absolute Gasteiger partial charge is 0.410 e. The van der Waals surface area contributed by atoms with Crippen LogP contribution in [-0.2, 0) is 4.79 Å². The lowest BCUT2D eigenvalue weighted by Gasteiger charge is -2.43. The normalized spacial score (nSPS) is 16.2. The van der Waals surface area contributed by atoms with Gasteiger partial charge in [-0.3, -0.25) is 0 Å². The predicted octanol–water partition coefficient (Wildman–Crippen LogP) is 8.24. The highest BCUT2D eigenvalue weighted by atomic mass is 19.4. The number of unbranched alkanes of at least 4 members (excludes halogenated alkanes) is 5. The van der Waals surface area contributed by atoms with Crippen LogP contribution in [-0.4, -0.2) is 64.6 Å². The Morgan fingerprint density at radius 1 is 0.568 bits per heavy atom. The van der Waals surface area contributed by atoms with Crippen LogP contribution in [0.25, 0.3) is 0 Å². The van der Waals surface area contributed by atoms with E-state index in [4.69, 9.17) is 5.11 Å². The van der Waals surface area contributed by atoms with Crippen LogP contribution in [0.4, 0.5) is 74.6 Å². The van der Waals surface area contributed by atoms with Crippen molar-refractivity contribution >= 4 is 5.97 Å². The summed E-state index contributed by atoms with van der Waals surface area (Å²) in [5.41, 5.74) is 0. The summed E-state index contributed by atoms with van der Waals surface area (Å²) in [7, 11) is 0. The second kappa shape index (κ2) is 10.8. The van der Waals surface area contributed by atoms with Crippen molar-refractivity contribution in [3.05, 3.63) is 0 Å². The molecule has 1 unspecified atom stereocenters. The van der Waals surface area contributed by atoms with E-state index in [1.165, 1.54) is 0 Å². The second-order valence-corrected chi connectivity index (χ2v) is 7.97. The van der Waals surface area contributed by atoms with Crippen LogP contribution in [0.2, 0.25) is 0 Å². The molecule has 0 spiro atoms. The number of hydrogen-bond donors (Lipinski definition) is 1. The van der Waals surface area contributed by atoms with E-state index in [1.54, 1.807) is 6.92 Å². The molecule has 0 rings (SSSR count). The van der Waals surface area contributed by atoms with Crippen LogP contribution in [0.5, 0.6) is 0 Å². The molecule has 19 heteroatoms. The quantitative estimate of drug-likeness (QED) is 0.145. The minimum absolute atomic E-state index is 0.175. The average molecular weight is 590 g/mol. The molecule has 0 amide bonds. The number of alkyl halides is 17. The molecule has 0 fully saturated rings. The van der Waals surface area contributed by atoms with Gasteiger partial charge in [0.25, 0.3) is 0 Å². The van der Waals surface area contributed by atoms with Gasteiger partial charge in [-0.25, -0.2) is 9.18 Å². The van der Waals surface area contributed by atoms with Crippen molar-refractivity contribution in [3.63, 3.8) is 0 Å². The Bertz CT molecular complexity index is 778. The third-order valence-corrected chi connectivity index (χ3v) is 5.26. The number of carbonyl (C=O) groups is 1. The van der Waals surface area contributed by atoms with E-state index < -0.39 is 72.4 Å². The molecule has 37 heavy (non-hydrogen) atoms. The largest absolute Gasteiger partial charge is 0.477 e. The van der Waals surface area contributed by atoms with E-state index in [9.17, 15) is 79.4 Å². The first-order valence-electron chi connectivity index (χ1n) is 10.1. The van der Waals surface area contributed by atoms with Gasteiger partial charge in [0.05, 0.1) is 0 Å². The van der Waals surface area contributed by atoms with Gasteiger partial charge < -0.3 is 5.11 Å². The molecular weight excluding hydrogens is 571 g/mol. The molecule has 0 aromatic heterocycles. The number of halogens is 17. The number of hydrogen-bond acceptors (Lipinski definition) is 1. The van der Waals surface area contributed by atoms with Crippen molar-refractivity contribution < 1.29 is 84.5 Å². The average Bonchev–Trinajstić information content (AvgIpc) is 2.74. The fourth-order valence-electron chi connectivity index (χ4n) is 2.81. The molecule has 0 radical (unpaired) electrons. The van der Waals surface area contributed by atoms with Gasteiger partial charge in [0.2, 0.25) is 0 Å². The maximum Gasteiger partial charge on any atom is 0.410 e. The summed E-state index contributed by atoms with van der Waals surface area (Å²) in [5, 5.41) is 7.79. The summed E-state index contributed by atoms with van der Waals surface area (Å²) in [6.45, 7) is 1.73. The van der Waals surface area contributed by atoms with Crippen molar-refractivity contribution in [2.75, 3.05) is 0 Å². The molecule has 0 aromatic rings. The van der Waals surface area contributed by atoms with Crippen LogP contribution in [0.1, 0.15) is 51.9 Å². The third-order valence-electron chi connectivity index (χ3n) is 5.26. The van der Waals surface area contributed by atoms with Crippen molar-refractivity contribution in [1.82, 2.24) is 0 Å². The number of carboxylic acids is 1. The zero-order chi connectivity index (χ0) is 30.1. The molecule has 0 aliphatic heterocycles. The molecule has 0 aromatic carbocycles. The van der Waals surface area contributed by atoms with Gasteiger partial charge in [-0.05, 0) is 6.42 Å². The van der Waals surface area contributed by atoms with E-state index in [1.807, 2.05) is 0 Å². The summed E-state index contributed by atoms with van der Waals surface area (Å²) in [5.74, 6) is -69.4. The molecular formula is C18H19F17O2. The van der Waals surface area contributed by atoms with E-state index in [-0.39, 0.29) is 12.8 Å². The highest BCUT2D eigenvalue weighted by Crippen LogP contribution is 2.64. The van der Waals surface area contributed by atoms with E-state index in [0.717, 1.165) is 0 Å². The zero-order valence-corrected chi connectivity index (χ0v) is 18.3. The molecule has 0 saturated carbocycles. The van der Waals surface area contributed by atoms with E-state index in [0.29, 0.717) is 19.3 Å². The first-order valence-corrected chi connectivity index (χ1v) is 10.1. The van der Waals surface area contributed by atoms with Gasteiger partial charge in [0.1, 0.15) is 0 Å². The monoisotopic (exact) mass is 590 g/mol. The second-order valence-electron chi connectivity index (χ2n) is 7.97. The van der Waals surface area contributed by atoms with Gasteiger partial charge in [-0.15, -0.1) is 0 Å². The lowest BCUT2D eigenvalue weighted by Crippen LogP contribution is -2.75. The fourth-order valence-corrected chi connectivity index (χ4v) is 2.81. The highest BCUT2D eigenvalue weighted by Gasteiger charge is 2.95. The molecule has 0 bridgehead atoms. The minimum atomic E-state index is -8.74. The van der Waals surface area contributed by atoms with Crippen molar-refractivity contribution in [1.29, 1.82) is 0 Å². The van der Waals surface area contributed by atoms with Gasteiger partial charge >= 0.3 is 53.3 Å². The molecule has 0 aliphatic carbocycles. The predicted molar refractivity (Wildman–Crippen MR) is 90.1 cm³/mol. The van der Waals surface area contributed by atoms with Gasteiger partial charge in [0, 0.05) is 0 Å². The molecule has 1 N–H and O–H groups in total. The number of aliphatic carboxylic acids is 1. The Morgan fingerprint density at radius 2 is 0.892 bits per heavy atom. The molecule has 1 atom stereocenters. The summed E-state index contributed by atoms with van der Waals surface area (Å²) >= 11 is 0. The van der Waals surface area contributed by atoms with Crippen LogP contribution in [0.15, 0.2) is 0 Å². The highest BCUT2D eigenvalue weighted by molar-refractivity contribution is 5.77. The topological polar surface area (TPSA) is 37.3 Å². The standard InChI is InChI=1S/C18H19F17O2/c1-2-3-4-5-6-7-8-9(19)11(20,21)13(24,25)15(28,29)17(32,33)18(34,35)16(30,31)14(26,27)12(22,23)10(36)37/h9H,2-8H2,1H3,(H,36,37). The first kappa shape index (κ1) is 35.3. The Balaban J connectivity index is 6.33. The Hall–Kier alpha value is -1.72. The summed E-state index contributed by atoms with van der Waals surface area (Å²) in [4.78, 5) is 10.0. The fraction of sp³-hybridized carbons (Fsp3) is 0.944. The molecule has 0 heterocycles. The van der Waals surface area contributed by atoms with E-state index >= 15 is 0 Å². The Morgan fingerprint density at radius 3 is 1.27 bits per heavy atom. The van der Waals surface area contributed by atoms with Crippen LogP contribution >= 0.6 is 0 Å². The van der Waals surface area contributed by atoms with Gasteiger partial charge in [-0.1, -0.05) is 45.4 Å². The zero-order valence-electron chi connectivity index (χ0n) is 18.3. The third kappa shape index (κ3) is 5.41. The first-order chi connectivity index (χ1) is 16.2. The van der Waals surface area contributed by atoms with Crippen LogP contribution in [0.3, 0.4) is 0 Å². The number of rotatable bonds is 16. The van der Waals surface area contributed by atoms with Crippen LogP contribution in [0, 0.1) is 0 Å². The molecule has 0 saturated heterocycles.